The molecule has 1 aliphatic carbocycles. The van der Waals surface area contributed by atoms with Gasteiger partial charge in [0.2, 0.25) is 0 Å². The number of hydrogen-bond donors (Lipinski definition) is 1. The first-order chi connectivity index (χ1) is 9.24. The lowest BCUT2D eigenvalue weighted by Crippen LogP contribution is -2.19. The molecule has 0 saturated heterocycles. The third-order valence-corrected chi connectivity index (χ3v) is 4.59. The molecule has 0 aliphatic heterocycles. The molecule has 3 heteroatoms. The zero-order chi connectivity index (χ0) is 13.2. The van der Waals surface area contributed by atoms with Crippen molar-refractivity contribution >= 4 is 28.3 Å². The van der Waals surface area contributed by atoms with Crippen LogP contribution in [0, 0.1) is 12.8 Å². The Morgan fingerprint density at radius 1 is 1.32 bits per heavy atom. The number of aromatic nitrogens is 1. The second-order valence-electron chi connectivity index (χ2n) is 5.43. The van der Waals surface area contributed by atoms with E-state index in [2.05, 4.69) is 30.4 Å². The molecule has 1 fully saturated rings. The van der Waals surface area contributed by atoms with Crippen LogP contribution in [-0.4, -0.2) is 16.9 Å². The fourth-order valence-electron chi connectivity index (χ4n) is 2.85. The van der Waals surface area contributed by atoms with E-state index in [1.807, 2.05) is 12.1 Å². The molecule has 19 heavy (non-hydrogen) atoms. The van der Waals surface area contributed by atoms with Gasteiger partial charge in [0.15, 0.2) is 0 Å². The molecule has 0 spiro atoms. The molecule has 2 nitrogen and oxygen atoms in total. The quantitative estimate of drug-likeness (QED) is 0.841. The highest BCUT2D eigenvalue weighted by Crippen LogP contribution is 2.30. The number of halogens is 1. The van der Waals surface area contributed by atoms with Gasteiger partial charge in [0.05, 0.1) is 5.52 Å². The van der Waals surface area contributed by atoms with Crippen LogP contribution in [0.4, 0.5) is 5.82 Å². The van der Waals surface area contributed by atoms with E-state index in [0.29, 0.717) is 11.3 Å². The van der Waals surface area contributed by atoms with E-state index in [0.717, 1.165) is 24.3 Å². The Morgan fingerprint density at radius 3 is 2.95 bits per heavy atom. The van der Waals surface area contributed by atoms with Crippen LogP contribution in [0.25, 0.3) is 10.9 Å². The number of fused-ring (bicyclic) bond motifs is 1. The van der Waals surface area contributed by atoms with Crippen molar-refractivity contribution in [3.63, 3.8) is 0 Å². The average molecular weight is 275 g/mol. The Hall–Kier alpha value is -1.28. The predicted octanol–water partition coefficient (Wildman–Crippen LogP) is 4.36. The zero-order valence-corrected chi connectivity index (χ0v) is 12.0. The van der Waals surface area contributed by atoms with Crippen molar-refractivity contribution < 1.29 is 0 Å². The number of benzene rings is 1. The SMILES string of the molecule is Cc1cc2ccccc2nc1NCC1CCCC1Cl. The highest BCUT2D eigenvalue weighted by molar-refractivity contribution is 6.21. The van der Waals surface area contributed by atoms with Crippen molar-refractivity contribution in [2.45, 2.75) is 31.6 Å². The molecular formula is C16H19ClN2. The number of nitrogens with one attached hydrogen (secondary N) is 1. The smallest absolute Gasteiger partial charge is 0.129 e. The molecule has 0 radical (unpaired) electrons. The Balaban J connectivity index is 1.78. The molecule has 1 aliphatic rings. The lowest BCUT2D eigenvalue weighted by molar-refractivity contribution is 0.585. The van der Waals surface area contributed by atoms with Gasteiger partial charge in [-0.2, -0.15) is 0 Å². The summed E-state index contributed by atoms with van der Waals surface area (Å²) in [6.45, 7) is 3.04. The largest absolute Gasteiger partial charge is 0.370 e. The van der Waals surface area contributed by atoms with Gasteiger partial charge < -0.3 is 5.32 Å². The fourth-order valence-corrected chi connectivity index (χ4v) is 3.22. The molecule has 1 aromatic carbocycles. The number of nitrogens with zero attached hydrogens (tertiary/aromatic N) is 1. The third-order valence-electron chi connectivity index (χ3n) is 4.01. The Labute approximate surface area is 119 Å². The van der Waals surface area contributed by atoms with E-state index in [9.17, 15) is 0 Å². The van der Waals surface area contributed by atoms with Crippen LogP contribution >= 0.6 is 11.6 Å². The monoisotopic (exact) mass is 274 g/mol. The summed E-state index contributed by atoms with van der Waals surface area (Å²) in [6.07, 6.45) is 3.64. The van der Waals surface area contributed by atoms with Crippen molar-refractivity contribution in [1.82, 2.24) is 4.98 Å². The Kier molecular flexibility index (Phi) is 3.61. The third kappa shape index (κ3) is 2.69. The maximum atomic E-state index is 6.32. The molecule has 2 unspecified atom stereocenters. The minimum absolute atomic E-state index is 0.327. The van der Waals surface area contributed by atoms with E-state index in [-0.39, 0.29) is 0 Å². The molecule has 0 amide bonds. The van der Waals surface area contributed by atoms with E-state index >= 15 is 0 Å². The maximum absolute atomic E-state index is 6.32. The fraction of sp³-hybridized carbons (Fsp3) is 0.438. The van der Waals surface area contributed by atoms with Gasteiger partial charge in [-0.3, -0.25) is 0 Å². The van der Waals surface area contributed by atoms with Crippen LogP contribution in [0.15, 0.2) is 30.3 Å². The molecule has 1 N–H and O–H groups in total. The van der Waals surface area contributed by atoms with Crippen LogP contribution in [0.3, 0.4) is 0 Å². The summed E-state index contributed by atoms with van der Waals surface area (Å²) < 4.78 is 0. The summed E-state index contributed by atoms with van der Waals surface area (Å²) >= 11 is 6.32. The van der Waals surface area contributed by atoms with E-state index in [1.165, 1.54) is 23.8 Å². The van der Waals surface area contributed by atoms with Crippen molar-refractivity contribution in [2.75, 3.05) is 11.9 Å². The van der Waals surface area contributed by atoms with Crippen molar-refractivity contribution in [1.29, 1.82) is 0 Å². The van der Waals surface area contributed by atoms with Crippen molar-refractivity contribution in [2.24, 2.45) is 5.92 Å². The summed E-state index contributed by atoms with van der Waals surface area (Å²) in [5.74, 6) is 1.57. The van der Waals surface area contributed by atoms with Crippen molar-refractivity contribution in [3.05, 3.63) is 35.9 Å². The molecule has 2 atom stereocenters. The van der Waals surface area contributed by atoms with Crippen LogP contribution in [0.2, 0.25) is 0 Å². The van der Waals surface area contributed by atoms with Gasteiger partial charge in [-0.25, -0.2) is 4.98 Å². The van der Waals surface area contributed by atoms with Crippen LogP contribution < -0.4 is 5.32 Å². The second kappa shape index (κ2) is 5.38. The summed E-state index contributed by atoms with van der Waals surface area (Å²) in [5, 5.41) is 5.00. The number of rotatable bonds is 3. The Bertz CT molecular complexity index is 582. The minimum Gasteiger partial charge on any atom is -0.370 e. The summed E-state index contributed by atoms with van der Waals surface area (Å²) in [6, 6.07) is 10.4. The number of anilines is 1. The van der Waals surface area contributed by atoms with Crippen LogP contribution in [0.1, 0.15) is 24.8 Å². The minimum atomic E-state index is 0.327. The highest BCUT2D eigenvalue weighted by atomic mass is 35.5. The molecule has 3 rings (SSSR count). The first kappa shape index (κ1) is 12.7. The van der Waals surface area contributed by atoms with Gasteiger partial charge in [0.1, 0.15) is 5.82 Å². The number of pyridine rings is 1. The summed E-state index contributed by atoms with van der Waals surface area (Å²) in [7, 11) is 0. The van der Waals surface area contributed by atoms with E-state index in [4.69, 9.17) is 16.6 Å². The number of hydrogen-bond acceptors (Lipinski definition) is 2. The van der Waals surface area contributed by atoms with Crippen LogP contribution in [-0.2, 0) is 0 Å². The molecule has 0 bridgehead atoms. The summed E-state index contributed by atoms with van der Waals surface area (Å²) in [4.78, 5) is 4.71. The molecule has 1 aromatic heterocycles. The zero-order valence-electron chi connectivity index (χ0n) is 11.2. The van der Waals surface area contributed by atoms with Gasteiger partial charge in [0.25, 0.3) is 0 Å². The van der Waals surface area contributed by atoms with Crippen LogP contribution in [0.5, 0.6) is 0 Å². The van der Waals surface area contributed by atoms with Gasteiger partial charge in [0, 0.05) is 17.3 Å². The predicted molar refractivity (Wildman–Crippen MR) is 82.0 cm³/mol. The van der Waals surface area contributed by atoms with Gasteiger partial charge in [-0.1, -0.05) is 24.6 Å². The Morgan fingerprint density at radius 2 is 2.16 bits per heavy atom. The number of para-hydroxylation sites is 1. The topological polar surface area (TPSA) is 24.9 Å². The molecule has 2 aromatic rings. The molecule has 100 valence electrons. The van der Waals surface area contributed by atoms with E-state index in [1.54, 1.807) is 0 Å². The maximum Gasteiger partial charge on any atom is 0.129 e. The highest BCUT2D eigenvalue weighted by Gasteiger charge is 2.25. The van der Waals surface area contributed by atoms with Crippen molar-refractivity contribution in [3.8, 4) is 0 Å². The molecular weight excluding hydrogens is 256 g/mol. The first-order valence-electron chi connectivity index (χ1n) is 6.98. The lowest BCUT2D eigenvalue weighted by Gasteiger charge is -2.16. The molecule has 1 saturated carbocycles. The van der Waals surface area contributed by atoms with Gasteiger partial charge in [-0.05, 0) is 43.4 Å². The number of alkyl halides is 1. The van der Waals surface area contributed by atoms with Gasteiger partial charge >= 0.3 is 0 Å². The summed E-state index contributed by atoms with van der Waals surface area (Å²) in [5.41, 5.74) is 2.24. The normalized spacial score (nSPS) is 22.8. The lowest BCUT2D eigenvalue weighted by atomic mass is 10.1. The standard InChI is InChI=1S/C16H19ClN2/c1-11-9-12-5-2-3-8-15(12)19-16(11)18-10-13-6-4-7-14(13)17/h2-3,5,8-9,13-14H,4,6-7,10H2,1H3,(H,18,19). The second-order valence-corrected chi connectivity index (χ2v) is 6.00. The number of aryl methyl sites for hydroxylation is 1. The first-order valence-corrected chi connectivity index (χ1v) is 7.42. The molecule has 1 heterocycles. The average Bonchev–Trinajstić information content (AvgIpc) is 2.82. The van der Waals surface area contributed by atoms with Gasteiger partial charge in [-0.15, -0.1) is 11.6 Å². The van der Waals surface area contributed by atoms with E-state index < -0.39 is 0 Å².